The van der Waals surface area contributed by atoms with Gasteiger partial charge in [-0.2, -0.15) is 0 Å². The molecule has 40 heavy (non-hydrogen) atoms. The fraction of sp³-hybridized carbons (Fsp3) is 0.100. The van der Waals surface area contributed by atoms with E-state index in [-0.39, 0.29) is 5.41 Å². The van der Waals surface area contributed by atoms with Crippen molar-refractivity contribution in [1.82, 2.24) is 0 Å². The Balaban J connectivity index is 1.55. The first-order valence-electron chi connectivity index (χ1n) is 14.2. The van der Waals surface area contributed by atoms with Crippen LogP contribution in [0.4, 0.5) is 0 Å². The van der Waals surface area contributed by atoms with E-state index in [0.29, 0.717) is 0 Å². The van der Waals surface area contributed by atoms with E-state index >= 15 is 0 Å². The lowest BCUT2D eigenvalue weighted by Gasteiger charge is -2.24. The first kappa shape index (κ1) is 23.2. The summed E-state index contributed by atoms with van der Waals surface area (Å²) < 4.78 is 0. The summed E-state index contributed by atoms with van der Waals surface area (Å²) in [6.45, 7) is 6.92. The zero-order chi connectivity index (χ0) is 27.0. The van der Waals surface area contributed by atoms with Crippen molar-refractivity contribution in [2.45, 2.75) is 26.2 Å². The second-order valence-corrected chi connectivity index (χ2v) is 11.8. The maximum Gasteiger partial charge on any atom is 0.0159 e. The highest BCUT2D eigenvalue weighted by atomic mass is 14.4. The van der Waals surface area contributed by atoms with Crippen molar-refractivity contribution >= 4 is 32.3 Å². The maximum atomic E-state index is 2.51. The molecule has 7 aromatic rings. The summed E-state index contributed by atoms with van der Waals surface area (Å²) in [7, 11) is 0. The standard InChI is InChI=1S/C40H30/c1-25-20-22-26(23-21-25)37-29-14-6-8-16-31(29)38(32-17-9-7-15-30(32)37)34-24-36-39(28-13-5-4-12-27(28)34)33-18-10-11-19-35(33)40(36,2)3/h4-24H,1-3H3. The number of hydrogen-bond acceptors (Lipinski definition) is 0. The molecule has 0 saturated carbocycles. The van der Waals surface area contributed by atoms with Gasteiger partial charge in [-0.25, -0.2) is 0 Å². The Kier molecular flexibility index (Phi) is 4.88. The summed E-state index contributed by atoms with van der Waals surface area (Å²) in [6, 6.07) is 47.5. The Bertz CT molecular complexity index is 2070. The average molecular weight is 511 g/mol. The van der Waals surface area contributed by atoms with Gasteiger partial charge >= 0.3 is 0 Å². The quantitative estimate of drug-likeness (QED) is 0.203. The highest BCUT2D eigenvalue weighted by Gasteiger charge is 2.37. The second kappa shape index (κ2) is 8.41. The van der Waals surface area contributed by atoms with Crippen LogP contribution in [-0.2, 0) is 5.41 Å². The van der Waals surface area contributed by atoms with Crippen molar-refractivity contribution in [1.29, 1.82) is 0 Å². The normalized spacial score (nSPS) is 13.6. The molecule has 0 N–H and O–H groups in total. The third kappa shape index (κ3) is 3.14. The van der Waals surface area contributed by atoms with E-state index in [1.54, 1.807) is 0 Å². The van der Waals surface area contributed by atoms with Crippen molar-refractivity contribution in [2.24, 2.45) is 0 Å². The zero-order valence-corrected chi connectivity index (χ0v) is 23.1. The van der Waals surface area contributed by atoms with Gasteiger partial charge in [-0.05, 0) is 89.8 Å². The summed E-state index contributed by atoms with van der Waals surface area (Å²) >= 11 is 0. The van der Waals surface area contributed by atoms with Gasteiger partial charge in [0.15, 0.2) is 0 Å². The smallest absolute Gasteiger partial charge is 0.0159 e. The lowest BCUT2D eigenvalue weighted by molar-refractivity contribution is 0.661. The predicted molar refractivity (Wildman–Crippen MR) is 172 cm³/mol. The Morgan fingerprint density at radius 2 is 0.875 bits per heavy atom. The Hall–Kier alpha value is -4.68. The molecule has 0 radical (unpaired) electrons. The zero-order valence-electron chi connectivity index (χ0n) is 23.1. The molecule has 0 atom stereocenters. The van der Waals surface area contributed by atoms with Gasteiger partial charge in [-0.3, -0.25) is 0 Å². The fourth-order valence-corrected chi connectivity index (χ4v) is 7.21. The van der Waals surface area contributed by atoms with E-state index in [1.165, 1.54) is 82.4 Å². The van der Waals surface area contributed by atoms with Gasteiger partial charge in [-0.1, -0.05) is 141 Å². The van der Waals surface area contributed by atoms with Crippen LogP contribution in [0, 0.1) is 6.92 Å². The van der Waals surface area contributed by atoms with Crippen LogP contribution in [0.25, 0.3) is 65.7 Å². The molecule has 0 heteroatoms. The van der Waals surface area contributed by atoms with Gasteiger partial charge < -0.3 is 0 Å². The molecule has 0 bridgehead atoms. The molecular formula is C40H30. The molecule has 0 aromatic heterocycles. The van der Waals surface area contributed by atoms with E-state index in [4.69, 9.17) is 0 Å². The summed E-state index contributed by atoms with van der Waals surface area (Å²) in [6.07, 6.45) is 0. The first-order valence-corrected chi connectivity index (χ1v) is 14.2. The topological polar surface area (TPSA) is 0 Å². The number of hydrogen-bond donors (Lipinski definition) is 0. The summed E-state index contributed by atoms with van der Waals surface area (Å²) in [5.41, 5.74) is 12.0. The highest BCUT2D eigenvalue weighted by Crippen LogP contribution is 2.54. The third-order valence-electron chi connectivity index (χ3n) is 9.13. The van der Waals surface area contributed by atoms with Gasteiger partial charge in [-0.15, -0.1) is 0 Å². The molecule has 0 spiro atoms. The van der Waals surface area contributed by atoms with E-state index in [2.05, 4.69) is 148 Å². The molecule has 7 aromatic carbocycles. The van der Waals surface area contributed by atoms with E-state index in [9.17, 15) is 0 Å². The van der Waals surface area contributed by atoms with Crippen LogP contribution in [0.2, 0.25) is 0 Å². The summed E-state index contributed by atoms with van der Waals surface area (Å²) in [4.78, 5) is 0. The van der Waals surface area contributed by atoms with E-state index in [0.717, 1.165) is 0 Å². The SMILES string of the molecule is Cc1ccc(-c2c3ccccc3c(-c3cc4c(c5ccccc35)-c3ccccc3C4(C)C)c3ccccc23)cc1. The minimum atomic E-state index is -0.0713. The summed E-state index contributed by atoms with van der Waals surface area (Å²) in [5.74, 6) is 0. The second-order valence-electron chi connectivity index (χ2n) is 11.8. The molecule has 0 nitrogen and oxygen atoms in total. The van der Waals surface area contributed by atoms with Gasteiger partial charge in [0.2, 0.25) is 0 Å². The monoisotopic (exact) mass is 510 g/mol. The number of aryl methyl sites for hydroxylation is 1. The van der Waals surface area contributed by atoms with Gasteiger partial charge in [0.1, 0.15) is 0 Å². The minimum Gasteiger partial charge on any atom is -0.0619 e. The largest absolute Gasteiger partial charge is 0.0619 e. The van der Waals surface area contributed by atoms with Crippen LogP contribution in [0.5, 0.6) is 0 Å². The summed E-state index contributed by atoms with van der Waals surface area (Å²) in [5, 5.41) is 7.85. The molecule has 1 aliphatic carbocycles. The van der Waals surface area contributed by atoms with Crippen LogP contribution in [0.3, 0.4) is 0 Å². The van der Waals surface area contributed by atoms with Crippen LogP contribution < -0.4 is 0 Å². The Morgan fingerprint density at radius 1 is 0.400 bits per heavy atom. The molecule has 0 fully saturated rings. The third-order valence-corrected chi connectivity index (χ3v) is 9.13. The predicted octanol–water partition coefficient (Wildman–Crippen LogP) is 11.1. The minimum absolute atomic E-state index is 0.0713. The van der Waals surface area contributed by atoms with Crippen LogP contribution in [-0.4, -0.2) is 0 Å². The van der Waals surface area contributed by atoms with Crippen molar-refractivity contribution in [3.8, 4) is 33.4 Å². The molecule has 190 valence electrons. The first-order chi connectivity index (χ1) is 19.5. The van der Waals surface area contributed by atoms with Crippen molar-refractivity contribution in [2.75, 3.05) is 0 Å². The lowest BCUT2D eigenvalue weighted by Crippen LogP contribution is -2.15. The molecule has 1 aliphatic rings. The van der Waals surface area contributed by atoms with Gasteiger partial charge in [0, 0.05) is 5.41 Å². The number of benzene rings is 7. The average Bonchev–Trinajstić information content (AvgIpc) is 3.22. The Labute approximate surface area is 235 Å². The van der Waals surface area contributed by atoms with Crippen LogP contribution in [0.15, 0.2) is 127 Å². The number of fused-ring (bicyclic) bond motifs is 7. The highest BCUT2D eigenvalue weighted by molar-refractivity contribution is 6.24. The number of rotatable bonds is 2. The van der Waals surface area contributed by atoms with Crippen molar-refractivity contribution in [3.05, 3.63) is 144 Å². The van der Waals surface area contributed by atoms with Crippen LogP contribution >= 0.6 is 0 Å². The molecule has 0 aliphatic heterocycles. The Morgan fingerprint density at radius 3 is 1.48 bits per heavy atom. The van der Waals surface area contributed by atoms with Gasteiger partial charge in [0.25, 0.3) is 0 Å². The van der Waals surface area contributed by atoms with E-state index < -0.39 is 0 Å². The lowest BCUT2D eigenvalue weighted by atomic mass is 9.79. The molecule has 0 heterocycles. The molecule has 0 amide bonds. The van der Waals surface area contributed by atoms with Crippen LogP contribution in [0.1, 0.15) is 30.5 Å². The molecule has 0 unspecified atom stereocenters. The molecule has 0 saturated heterocycles. The fourth-order valence-electron chi connectivity index (χ4n) is 7.21. The molecular weight excluding hydrogens is 480 g/mol. The van der Waals surface area contributed by atoms with Crippen molar-refractivity contribution < 1.29 is 0 Å². The molecule has 8 rings (SSSR count). The maximum absolute atomic E-state index is 2.51. The van der Waals surface area contributed by atoms with E-state index in [1.807, 2.05) is 0 Å². The van der Waals surface area contributed by atoms with Crippen molar-refractivity contribution in [3.63, 3.8) is 0 Å². The van der Waals surface area contributed by atoms with Gasteiger partial charge in [0.05, 0.1) is 0 Å².